The second-order valence-electron chi connectivity index (χ2n) is 6.18. The molecule has 0 spiro atoms. The van der Waals surface area contributed by atoms with Crippen molar-refractivity contribution in [3.63, 3.8) is 0 Å². The highest BCUT2D eigenvalue weighted by Crippen LogP contribution is 2.39. The van der Waals surface area contributed by atoms with E-state index in [1.165, 1.54) is 6.42 Å². The van der Waals surface area contributed by atoms with Gasteiger partial charge in [-0.3, -0.25) is 10.1 Å². The molecule has 1 saturated carbocycles. The number of rotatable bonds is 5. The first-order chi connectivity index (χ1) is 8.04. The van der Waals surface area contributed by atoms with Crippen LogP contribution >= 0.6 is 0 Å². The van der Waals surface area contributed by atoms with Gasteiger partial charge < -0.3 is 4.90 Å². The number of carbonyl (C=O) groups is 1. The van der Waals surface area contributed by atoms with Crippen LogP contribution in [0.2, 0.25) is 0 Å². The molecule has 98 valence electrons. The molecule has 0 aromatic carbocycles. The summed E-state index contributed by atoms with van der Waals surface area (Å²) >= 11 is 0. The Morgan fingerprint density at radius 2 is 2.12 bits per heavy atom. The second-order valence-corrected chi connectivity index (χ2v) is 6.18. The summed E-state index contributed by atoms with van der Waals surface area (Å²) in [6, 6.07) is 0.586. The quantitative estimate of drug-likeness (QED) is 0.797. The smallest absolute Gasteiger partial charge is 0.241 e. The molecule has 4 unspecified atom stereocenters. The summed E-state index contributed by atoms with van der Waals surface area (Å²) in [5.74, 6) is 1.64. The van der Waals surface area contributed by atoms with E-state index in [-0.39, 0.29) is 6.04 Å². The number of amides is 1. The van der Waals surface area contributed by atoms with Crippen LogP contribution in [-0.4, -0.2) is 29.1 Å². The molecule has 0 radical (unpaired) electrons. The van der Waals surface area contributed by atoms with Crippen LogP contribution in [0.15, 0.2) is 0 Å². The Balaban J connectivity index is 2.03. The van der Waals surface area contributed by atoms with E-state index in [1.807, 2.05) is 0 Å². The third-order valence-electron chi connectivity index (χ3n) is 3.98. The molecule has 1 heterocycles. The van der Waals surface area contributed by atoms with Crippen molar-refractivity contribution in [1.29, 1.82) is 0 Å². The van der Waals surface area contributed by atoms with Crippen LogP contribution in [0.25, 0.3) is 0 Å². The highest BCUT2D eigenvalue weighted by molar-refractivity contribution is 5.85. The average molecular weight is 238 g/mol. The van der Waals surface area contributed by atoms with Gasteiger partial charge in [-0.1, -0.05) is 34.1 Å². The summed E-state index contributed by atoms with van der Waals surface area (Å²) in [6.45, 7) is 8.81. The fraction of sp³-hybridized carbons (Fsp3) is 0.929. The molecule has 1 aliphatic carbocycles. The summed E-state index contributed by atoms with van der Waals surface area (Å²) in [5.41, 5.74) is 0. The summed E-state index contributed by atoms with van der Waals surface area (Å²) < 4.78 is 0. The van der Waals surface area contributed by atoms with Crippen LogP contribution in [0, 0.1) is 11.8 Å². The molecule has 1 aliphatic heterocycles. The van der Waals surface area contributed by atoms with Gasteiger partial charge in [0.1, 0.15) is 0 Å². The molecule has 1 saturated heterocycles. The fourth-order valence-corrected chi connectivity index (χ4v) is 2.94. The van der Waals surface area contributed by atoms with Crippen LogP contribution in [0.5, 0.6) is 0 Å². The van der Waals surface area contributed by atoms with Crippen molar-refractivity contribution in [2.75, 3.05) is 0 Å². The maximum atomic E-state index is 12.4. The summed E-state index contributed by atoms with van der Waals surface area (Å²) in [5, 5.41) is 3.54. The largest absolute Gasteiger partial charge is 0.323 e. The van der Waals surface area contributed by atoms with Crippen LogP contribution < -0.4 is 5.32 Å². The van der Waals surface area contributed by atoms with E-state index >= 15 is 0 Å². The SMILES string of the molecule is CCCC1NC(CC(C)C)C(=O)N1C1CC1C. The minimum atomic E-state index is 0.0688. The zero-order valence-corrected chi connectivity index (χ0v) is 11.6. The van der Waals surface area contributed by atoms with Crippen LogP contribution in [0.4, 0.5) is 0 Å². The Bertz CT molecular complexity index is 290. The molecular formula is C14H26N2O. The number of carbonyl (C=O) groups excluding carboxylic acids is 1. The van der Waals surface area contributed by atoms with Crippen molar-refractivity contribution >= 4 is 5.91 Å². The minimum Gasteiger partial charge on any atom is -0.323 e. The summed E-state index contributed by atoms with van der Waals surface area (Å²) in [7, 11) is 0. The van der Waals surface area contributed by atoms with Crippen molar-refractivity contribution in [3.05, 3.63) is 0 Å². The zero-order valence-electron chi connectivity index (χ0n) is 11.6. The highest BCUT2D eigenvalue weighted by Gasteiger charge is 2.49. The van der Waals surface area contributed by atoms with E-state index in [0.717, 1.165) is 19.3 Å². The van der Waals surface area contributed by atoms with Gasteiger partial charge in [0.15, 0.2) is 0 Å². The molecule has 17 heavy (non-hydrogen) atoms. The molecule has 1 amide bonds. The first kappa shape index (κ1) is 12.9. The normalized spacial score (nSPS) is 37.0. The molecule has 2 rings (SSSR count). The van der Waals surface area contributed by atoms with Gasteiger partial charge >= 0.3 is 0 Å². The molecule has 0 bridgehead atoms. The molecule has 1 N–H and O–H groups in total. The molecule has 3 heteroatoms. The Morgan fingerprint density at radius 1 is 1.47 bits per heavy atom. The highest BCUT2D eigenvalue weighted by atomic mass is 16.2. The number of hydrogen-bond donors (Lipinski definition) is 1. The molecule has 2 fully saturated rings. The van der Waals surface area contributed by atoms with Crippen LogP contribution in [0.3, 0.4) is 0 Å². The second kappa shape index (κ2) is 4.97. The third-order valence-corrected chi connectivity index (χ3v) is 3.98. The Hall–Kier alpha value is -0.570. The lowest BCUT2D eigenvalue weighted by Gasteiger charge is -2.24. The van der Waals surface area contributed by atoms with Crippen LogP contribution in [0.1, 0.15) is 53.4 Å². The Kier molecular flexibility index (Phi) is 3.76. The van der Waals surface area contributed by atoms with Gasteiger partial charge in [-0.05, 0) is 31.1 Å². The number of nitrogens with one attached hydrogen (secondary N) is 1. The van der Waals surface area contributed by atoms with Gasteiger partial charge in [0, 0.05) is 6.04 Å². The lowest BCUT2D eigenvalue weighted by Crippen LogP contribution is -2.39. The van der Waals surface area contributed by atoms with Crippen LogP contribution in [-0.2, 0) is 4.79 Å². The minimum absolute atomic E-state index is 0.0688. The van der Waals surface area contributed by atoms with E-state index in [1.54, 1.807) is 0 Å². The number of hydrogen-bond acceptors (Lipinski definition) is 2. The van der Waals surface area contributed by atoms with Gasteiger partial charge in [0.05, 0.1) is 12.2 Å². The standard InChI is InChI=1S/C14H26N2O/c1-5-6-13-15-11(7-9(2)3)14(17)16(13)12-8-10(12)4/h9-13,15H,5-8H2,1-4H3. The van der Waals surface area contributed by atoms with Gasteiger partial charge in [-0.15, -0.1) is 0 Å². The van der Waals surface area contributed by atoms with Crippen molar-refractivity contribution in [2.24, 2.45) is 11.8 Å². The van der Waals surface area contributed by atoms with E-state index in [0.29, 0.717) is 30.0 Å². The van der Waals surface area contributed by atoms with E-state index in [9.17, 15) is 4.79 Å². The van der Waals surface area contributed by atoms with Crippen molar-refractivity contribution in [1.82, 2.24) is 10.2 Å². The topological polar surface area (TPSA) is 32.3 Å². The molecule has 0 aromatic heterocycles. The van der Waals surface area contributed by atoms with Crippen molar-refractivity contribution in [3.8, 4) is 0 Å². The Labute approximate surface area is 105 Å². The first-order valence-corrected chi connectivity index (χ1v) is 7.12. The summed E-state index contributed by atoms with van der Waals surface area (Å²) in [6.07, 6.45) is 4.69. The van der Waals surface area contributed by atoms with Gasteiger partial charge in [0.2, 0.25) is 5.91 Å². The number of nitrogens with zero attached hydrogens (tertiary/aromatic N) is 1. The molecule has 4 atom stereocenters. The molecule has 3 nitrogen and oxygen atoms in total. The third kappa shape index (κ3) is 2.65. The van der Waals surface area contributed by atoms with Gasteiger partial charge in [-0.2, -0.15) is 0 Å². The van der Waals surface area contributed by atoms with E-state index < -0.39 is 0 Å². The molecular weight excluding hydrogens is 212 g/mol. The monoisotopic (exact) mass is 238 g/mol. The van der Waals surface area contributed by atoms with Crippen molar-refractivity contribution in [2.45, 2.75) is 71.6 Å². The molecule has 2 aliphatic rings. The molecule has 0 aromatic rings. The van der Waals surface area contributed by atoms with Gasteiger partial charge in [0.25, 0.3) is 0 Å². The van der Waals surface area contributed by atoms with E-state index in [4.69, 9.17) is 0 Å². The predicted molar refractivity (Wildman–Crippen MR) is 69.5 cm³/mol. The van der Waals surface area contributed by atoms with Crippen molar-refractivity contribution < 1.29 is 4.79 Å². The fourth-order valence-electron chi connectivity index (χ4n) is 2.94. The maximum absolute atomic E-state index is 12.4. The predicted octanol–water partition coefficient (Wildman–Crippen LogP) is 2.37. The maximum Gasteiger partial charge on any atom is 0.241 e. The first-order valence-electron chi connectivity index (χ1n) is 7.12. The zero-order chi connectivity index (χ0) is 12.6. The van der Waals surface area contributed by atoms with Gasteiger partial charge in [-0.25, -0.2) is 0 Å². The lowest BCUT2D eigenvalue weighted by atomic mass is 10.0. The lowest BCUT2D eigenvalue weighted by molar-refractivity contribution is -0.131. The summed E-state index contributed by atoms with van der Waals surface area (Å²) in [4.78, 5) is 14.6. The average Bonchev–Trinajstić information content (AvgIpc) is 2.86. The van der Waals surface area contributed by atoms with E-state index in [2.05, 4.69) is 37.9 Å². The Morgan fingerprint density at radius 3 is 2.59 bits per heavy atom.